The summed E-state index contributed by atoms with van der Waals surface area (Å²) in [5.74, 6) is -3.63. The molecule has 0 aliphatic heterocycles. The van der Waals surface area contributed by atoms with Crippen LogP contribution in [-0.4, -0.2) is 94.9 Å². The standard InChI is InChI=1S/C22H30O11/c23-19(21(25)26)6-7-20(24)32-16-14-30-12-10-28-8-9-29-11-13-31-15-17-33-22(27)18-4-2-1-3-5-18/h1-5H,6-17H2,(H,25,26). The summed E-state index contributed by atoms with van der Waals surface area (Å²) < 4.78 is 31.1. The number of ketones is 1. The number of carbonyl (C=O) groups is 4. The van der Waals surface area contributed by atoms with Crippen LogP contribution in [0.2, 0.25) is 0 Å². The number of aliphatic carboxylic acids is 1. The monoisotopic (exact) mass is 470 g/mol. The van der Waals surface area contributed by atoms with Gasteiger partial charge in [-0.25, -0.2) is 9.59 Å². The number of Topliss-reactive ketones (excluding diaryl/α,β-unsaturated/α-hetero) is 1. The van der Waals surface area contributed by atoms with Crippen molar-refractivity contribution >= 4 is 23.7 Å². The summed E-state index contributed by atoms with van der Waals surface area (Å²) in [6.07, 6.45) is -0.664. The molecule has 0 amide bonds. The second-order valence-corrected chi connectivity index (χ2v) is 6.40. The van der Waals surface area contributed by atoms with E-state index in [1.807, 2.05) is 6.07 Å². The molecule has 1 aromatic carbocycles. The molecule has 0 bridgehead atoms. The zero-order valence-electron chi connectivity index (χ0n) is 18.4. The van der Waals surface area contributed by atoms with Crippen LogP contribution in [0.1, 0.15) is 23.2 Å². The first-order valence-corrected chi connectivity index (χ1v) is 10.5. The number of ether oxygens (including phenoxy) is 6. The molecule has 0 aliphatic carbocycles. The van der Waals surface area contributed by atoms with Gasteiger partial charge in [-0.2, -0.15) is 0 Å². The van der Waals surface area contributed by atoms with Crippen molar-refractivity contribution < 1.29 is 52.7 Å². The van der Waals surface area contributed by atoms with Gasteiger partial charge < -0.3 is 33.5 Å². The molecule has 1 aromatic rings. The van der Waals surface area contributed by atoms with Crippen LogP contribution in [0.15, 0.2) is 30.3 Å². The average Bonchev–Trinajstić information content (AvgIpc) is 2.82. The van der Waals surface area contributed by atoms with Crippen molar-refractivity contribution in [2.45, 2.75) is 12.8 Å². The highest BCUT2D eigenvalue weighted by atomic mass is 16.6. The van der Waals surface area contributed by atoms with Gasteiger partial charge in [0.1, 0.15) is 13.2 Å². The molecule has 0 radical (unpaired) electrons. The van der Waals surface area contributed by atoms with Crippen molar-refractivity contribution in [1.82, 2.24) is 0 Å². The molecule has 0 spiro atoms. The molecule has 184 valence electrons. The normalized spacial score (nSPS) is 10.5. The first-order chi connectivity index (χ1) is 16.0. The highest BCUT2D eigenvalue weighted by molar-refractivity contribution is 6.32. The highest BCUT2D eigenvalue weighted by Crippen LogP contribution is 2.00. The molecule has 11 heteroatoms. The van der Waals surface area contributed by atoms with Crippen LogP contribution < -0.4 is 0 Å². The maximum Gasteiger partial charge on any atom is 0.372 e. The Balaban J connectivity index is 1.78. The minimum atomic E-state index is -1.57. The second kappa shape index (κ2) is 18.7. The van der Waals surface area contributed by atoms with Gasteiger partial charge in [-0.3, -0.25) is 9.59 Å². The van der Waals surface area contributed by atoms with E-state index in [0.717, 1.165) is 0 Å². The molecule has 0 unspecified atom stereocenters. The summed E-state index contributed by atoms with van der Waals surface area (Å²) >= 11 is 0. The lowest BCUT2D eigenvalue weighted by atomic mass is 10.2. The van der Waals surface area contributed by atoms with E-state index in [1.165, 1.54) is 0 Å². The molecule has 1 N–H and O–H groups in total. The fourth-order valence-corrected chi connectivity index (χ4v) is 2.22. The highest BCUT2D eigenvalue weighted by Gasteiger charge is 2.14. The minimum Gasteiger partial charge on any atom is -0.476 e. The van der Waals surface area contributed by atoms with Crippen molar-refractivity contribution in [3.8, 4) is 0 Å². The van der Waals surface area contributed by atoms with E-state index >= 15 is 0 Å². The molecule has 11 nitrogen and oxygen atoms in total. The van der Waals surface area contributed by atoms with Crippen molar-refractivity contribution in [3.05, 3.63) is 35.9 Å². The van der Waals surface area contributed by atoms with Gasteiger partial charge in [0.2, 0.25) is 5.78 Å². The first kappa shape index (κ1) is 28.2. The molecular weight excluding hydrogens is 440 g/mol. The van der Waals surface area contributed by atoms with Crippen LogP contribution in [-0.2, 0) is 42.8 Å². The second-order valence-electron chi connectivity index (χ2n) is 6.40. The Morgan fingerprint density at radius 3 is 1.55 bits per heavy atom. The summed E-state index contributed by atoms with van der Waals surface area (Å²) in [7, 11) is 0. The summed E-state index contributed by atoms with van der Waals surface area (Å²) in [5, 5.41) is 8.40. The quantitative estimate of drug-likeness (QED) is 0.165. The zero-order valence-corrected chi connectivity index (χ0v) is 18.4. The Bertz CT molecular complexity index is 706. The van der Waals surface area contributed by atoms with Crippen molar-refractivity contribution in [1.29, 1.82) is 0 Å². The molecule has 0 saturated heterocycles. The van der Waals surface area contributed by atoms with E-state index in [1.54, 1.807) is 24.3 Å². The Hall–Kier alpha value is -2.86. The van der Waals surface area contributed by atoms with Gasteiger partial charge in [-0.1, -0.05) is 18.2 Å². The Labute approximate surface area is 191 Å². The largest absolute Gasteiger partial charge is 0.476 e. The van der Waals surface area contributed by atoms with Crippen molar-refractivity contribution in [3.63, 3.8) is 0 Å². The molecule has 0 aromatic heterocycles. The van der Waals surface area contributed by atoms with Gasteiger partial charge in [0.15, 0.2) is 0 Å². The van der Waals surface area contributed by atoms with E-state index < -0.39 is 17.7 Å². The van der Waals surface area contributed by atoms with Crippen molar-refractivity contribution in [2.75, 3.05) is 66.1 Å². The summed E-state index contributed by atoms with van der Waals surface area (Å²) in [4.78, 5) is 44.2. The van der Waals surface area contributed by atoms with E-state index in [-0.39, 0.29) is 45.2 Å². The molecule has 0 fully saturated rings. The molecule has 0 atom stereocenters. The van der Waals surface area contributed by atoms with E-state index in [4.69, 9.17) is 33.5 Å². The van der Waals surface area contributed by atoms with Crippen LogP contribution in [0.25, 0.3) is 0 Å². The molecule has 33 heavy (non-hydrogen) atoms. The number of carboxylic acids is 1. The Kier molecular flexibility index (Phi) is 16.0. The molecule has 1 rings (SSSR count). The number of carbonyl (C=O) groups excluding carboxylic acids is 3. The third-order valence-corrected chi connectivity index (χ3v) is 3.87. The van der Waals surface area contributed by atoms with Crippen LogP contribution in [0, 0.1) is 0 Å². The summed E-state index contributed by atoms with van der Waals surface area (Å²) in [5.41, 5.74) is 0.498. The fourth-order valence-electron chi connectivity index (χ4n) is 2.22. The van der Waals surface area contributed by atoms with E-state index in [9.17, 15) is 19.2 Å². The van der Waals surface area contributed by atoms with Crippen LogP contribution >= 0.6 is 0 Å². The van der Waals surface area contributed by atoms with E-state index in [2.05, 4.69) is 0 Å². The average molecular weight is 470 g/mol. The lowest BCUT2D eigenvalue weighted by molar-refractivity contribution is -0.151. The third kappa shape index (κ3) is 15.6. The van der Waals surface area contributed by atoms with Crippen LogP contribution in [0.3, 0.4) is 0 Å². The summed E-state index contributed by atoms with van der Waals surface area (Å²) in [6.45, 7) is 2.79. The lowest BCUT2D eigenvalue weighted by Gasteiger charge is -2.08. The lowest BCUT2D eigenvalue weighted by Crippen LogP contribution is -2.17. The third-order valence-electron chi connectivity index (χ3n) is 3.87. The maximum absolute atomic E-state index is 11.7. The van der Waals surface area contributed by atoms with E-state index in [0.29, 0.717) is 45.2 Å². The number of esters is 2. The summed E-state index contributed by atoms with van der Waals surface area (Å²) in [6, 6.07) is 8.72. The number of rotatable bonds is 20. The molecule has 0 aliphatic rings. The van der Waals surface area contributed by atoms with Crippen LogP contribution in [0.4, 0.5) is 0 Å². The van der Waals surface area contributed by atoms with Gasteiger partial charge >= 0.3 is 17.9 Å². The van der Waals surface area contributed by atoms with Gasteiger partial charge in [0.25, 0.3) is 0 Å². The predicted octanol–water partition coefficient (Wildman–Crippen LogP) is 0.887. The minimum absolute atomic E-state index is 0.00859. The number of carboxylic acid groups (broad SMARTS) is 1. The Morgan fingerprint density at radius 1 is 0.606 bits per heavy atom. The fraction of sp³-hybridized carbons (Fsp3) is 0.545. The SMILES string of the molecule is O=C(CCC(=O)C(=O)O)OCCOCCOCCOCCOCCOC(=O)c1ccccc1. The molecular formula is C22H30O11. The maximum atomic E-state index is 11.7. The molecule has 0 saturated carbocycles. The van der Waals surface area contributed by atoms with Crippen LogP contribution in [0.5, 0.6) is 0 Å². The number of benzene rings is 1. The van der Waals surface area contributed by atoms with Gasteiger partial charge in [0.05, 0.1) is 64.8 Å². The van der Waals surface area contributed by atoms with Gasteiger partial charge in [0, 0.05) is 6.42 Å². The predicted molar refractivity (Wildman–Crippen MR) is 113 cm³/mol. The number of hydrogen-bond acceptors (Lipinski definition) is 10. The number of hydrogen-bond donors (Lipinski definition) is 1. The topological polar surface area (TPSA) is 144 Å². The first-order valence-electron chi connectivity index (χ1n) is 10.5. The van der Waals surface area contributed by atoms with Gasteiger partial charge in [-0.05, 0) is 12.1 Å². The smallest absolute Gasteiger partial charge is 0.372 e. The Morgan fingerprint density at radius 2 is 1.06 bits per heavy atom. The zero-order chi connectivity index (χ0) is 24.2. The van der Waals surface area contributed by atoms with Gasteiger partial charge in [-0.15, -0.1) is 0 Å². The van der Waals surface area contributed by atoms with Crippen molar-refractivity contribution in [2.24, 2.45) is 0 Å². The molecule has 0 heterocycles.